The van der Waals surface area contributed by atoms with Crippen LogP contribution in [-0.2, 0) is 4.79 Å². The van der Waals surface area contributed by atoms with Gasteiger partial charge in [0.1, 0.15) is 0 Å². The predicted octanol–water partition coefficient (Wildman–Crippen LogP) is 0.173. The molecule has 3 nitrogen and oxygen atoms in total. The van der Waals surface area contributed by atoms with Crippen LogP contribution in [0.25, 0.3) is 0 Å². The van der Waals surface area contributed by atoms with Crippen molar-refractivity contribution in [1.82, 2.24) is 10.2 Å². The van der Waals surface area contributed by atoms with Crippen molar-refractivity contribution in [3.63, 3.8) is 0 Å². The Hall–Kier alpha value is -0.710. The molecule has 0 aliphatic carbocycles. The summed E-state index contributed by atoms with van der Waals surface area (Å²) in [5.41, 5.74) is -1.32. The van der Waals surface area contributed by atoms with Crippen LogP contribution < -0.4 is 5.32 Å². The van der Waals surface area contributed by atoms with E-state index in [2.05, 4.69) is 5.32 Å². The molecule has 1 amide bonds. The molecule has 2 fully saturated rings. The van der Waals surface area contributed by atoms with Crippen molar-refractivity contribution in [2.75, 3.05) is 13.1 Å². The van der Waals surface area contributed by atoms with E-state index < -0.39 is 12.1 Å². The van der Waals surface area contributed by atoms with Gasteiger partial charge in [0.05, 0.1) is 0 Å². The van der Waals surface area contributed by atoms with Crippen molar-refractivity contribution in [2.24, 2.45) is 0 Å². The zero-order valence-corrected chi connectivity index (χ0v) is 6.52. The van der Waals surface area contributed by atoms with Crippen LogP contribution >= 0.6 is 0 Å². The monoisotopic (exact) mass is 176 g/mol. The van der Waals surface area contributed by atoms with Gasteiger partial charge in [-0.25, -0.2) is 8.78 Å². The number of alkyl halides is 2. The Kier molecular flexibility index (Phi) is 1.57. The van der Waals surface area contributed by atoms with E-state index in [-0.39, 0.29) is 18.7 Å². The summed E-state index contributed by atoms with van der Waals surface area (Å²) in [6, 6.07) is 0. The number of fused-ring (bicyclic) bond motifs is 1. The minimum absolute atomic E-state index is 0.152. The number of nitrogens with zero attached hydrogens (tertiary/aromatic N) is 1. The molecule has 2 saturated heterocycles. The van der Waals surface area contributed by atoms with Gasteiger partial charge in [0.25, 0.3) is 6.43 Å². The quantitative estimate of drug-likeness (QED) is 0.617. The standard InChI is InChI=1S/C7H10F2N2O/c8-6(9)7-2-1-5(12)11(7)4-3-10-7/h6,10H,1-4H2/t7-/m0/s1. The molecule has 0 unspecified atom stereocenters. The third kappa shape index (κ3) is 0.798. The lowest BCUT2D eigenvalue weighted by Crippen LogP contribution is -2.54. The molecule has 0 radical (unpaired) electrons. The van der Waals surface area contributed by atoms with Crippen LogP contribution in [0.5, 0.6) is 0 Å². The molecule has 68 valence electrons. The Balaban J connectivity index is 2.28. The lowest BCUT2D eigenvalue weighted by atomic mass is 10.1. The predicted molar refractivity (Wildman–Crippen MR) is 37.7 cm³/mol. The Morgan fingerprint density at radius 3 is 2.92 bits per heavy atom. The summed E-state index contributed by atoms with van der Waals surface area (Å²) < 4.78 is 25.2. The number of rotatable bonds is 1. The van der Waals surface area contributed by atoms with Crippen LogP contribution in [0.2, 0.25) is 0 Å². The smallest absolute Gasteiger partial charge is 0.274 e. The number of hydrogen-bond donors (Lipinski definition) is 1. The first-order chi connectivity index (χ1) is 5.67. The van der Waals surface area contributed by atoms with Crippen molar-refractivity contribution in [3.05, 3.63) is 0 Å². The van der Waals surface area contributed by atoms with Crippen molar-refractivity contribution in [2.45, 2.75) is 24.9 Å². The number of carbonyl (C=O) groups excluding carboxylic acids is 1. The average molecular weight is 176 g/mol. The molecular weight excluding hydrogens is 166 g/mol. The SMILES string of the molecule is O=C1CC[C@]2(C(F)F)NCCN12. The number of carbonyl (C=O) groups is 1. The minimum Gasteiger partial charge on any atom is -0.318 e. The van der Waals surface area contributed by atoms with Gasteiger partial charge in [0.2, 0.25) is 5.91 Å². The fourth-order valence-corrected chi connectivity index (χ4v) is 1.99. The van der Waals surface area contributed by atoms with Crippen LogP contribution in [0.15, 0.2) is 0 Å². The van der Waals surface area contributed by atoms with Crippen molar-refractivity contribution < 1.29 is 13.6 Å². The van der Waals surface area contributed by atoms with E-state index in [9.17, 15) is 13.6 Å². The summed E-state index contributed by atoms with van der Waals surface area (Å²) in [7, 11) is 0. The molecule has 2 rings (SSSR count). The van der Waals surface area contributed by atoms with Gasteiger partial charge in [-0.1, -0.05) is 0 Å². The van der Waals surface area contributed by atoms with E-state index in [4.69, 9.17) is 0 Å². The Labute approximate surface area is 68.7 Å². The molecule has 12 heavy (non-hydrogen) atoms. The first kappa shape index (κ1) is 7.91. The Morgan fingerprint density at radius 2 is 2.33 bits per heavy atom. The molecule has 2 aliphatic rings. The van der Waals surface area contributed by atoms with Crippen LogP contribution in [0.1, 0.15) is 12.8 Å². The molecule has 5 heteroatoms. The molecule has 1 atom stereocenters. The summed E-state index contributed by atoms with van der Waals surface area (Å²) >= 11 is 0. The molecule has 0 aromatic carbocycles. The van der Waals surface area contributed by atoms with Crippen molar-refractivity contribution >= 4 is 5.91 Å². The maximum absolute atomic E-state index is 12.6. The van der Waals surface area contributed by atoms with Crippen LogP contribution in [0.3, 0.4) is 0 Å². The maximum Gasteiger partial charge on any atom is 0.274 e. The summed E-state index contributed by atoms with van der Waals surface area (Å²) in [5, 5.41) is 2.72. The van der Waals surface area contributed by atoms with E-state index in [0.29, 0.717) is 13.1 Å². The first-order valence-electron chi connectivity index (χ1n) is 4.00. The fourth-order valence-electron chi connectivity index (χ4n) is 1.99. The largest absolute Gasteiger partial charge is 0.318 e. The van der Waals surface area contributed by atoms with E-state index in [1.54, 1.807) is 0 Å². The summed E-state index contributed by atoms with van der Waals surface area (Å²) in [5.74, 6) is -0.152. The molecule has 0 bridgehead atoms. The lowest BCUT2D eigenvalue weighted by molar-refractivity contribution is -0.134. The lowest BCUT2D eigenvalue weighted by Gasteiger charge is -2.30. The van der Waals surface area contributed by atoms with Gasteiger partial charge in [0, 0.05) is 19.5 Å². The highest BCUT2D eigenvalue weighted by atomic mass is 19.3. The molecular formula is C7H10F2N2O. The van der Waals surface area contributed by atoms with E-state index >= 15 is 0 Å². The Morgan fingerprint density at radius 1 is 1.58 bits per heavy atom. The molecule has 0 aromatic heterocycles. The van der Waals surface area contributed by atoms with E-state index in [1.807, 2.05) is 0 Å². The third-order valence-corrected chi connectivity index (χ3v) is 2.63. The fraction of sp³-hybridized carbons (Fsp3) is 0.857. The average Bonchev–Trinajstić information content (AvgIpc) is 2.53. The van der Waals surface area contributed by atoms with Gasteiger partial charge >= 0.3 is 0 Å². The van der Waals surface area contributed by atoms with Gasteiger partial charge in [-0.15, -0.1) is 0 Å². The van der Waals surface area contributed by atoms with Gasteiger partial charge in [0.15, 0.2) is 5.66 Å². The summed E-state index contributed by atoms with van der Waals surface area (Å²) in [6.45, 7) is 0.902. The molecule has 0 saturated carbocycles. The Bertz CT molecular complexity index is 221. The highest BCUT2D eigenvalue weighted by Crippen LogP contribution is 2.35. The van der Waals surface area contributed by atoms with Crippen LogP contribution in [0, 0.1) is 0 Å². The topological polar surface area (TPSA) is 32.3 Å². The zero-order valence-electron chi connectivity index (χ0n) is 6.52. The molecule has 0 spiro atoms. The van der Waals surface area contributed by atoms with Crippen molar-refractivity contribution in [1.29, 1.82) is 0 Å². The van der Waals surface area contributed by atoms with Crippen LogP contribution in [0.4, 0.5) is 8.78 Å². The second kappa shape index (κ2) is 2.39. The highest BCUT2D eigenvalue weighted by molar-refractivity contribution is 5.80. The second-order valence-corrected chi connectivity index (χ2v) is 3.20. The number of halogens is 2. The second-order valence-electron chi connectivity index (χ2n) is 3.20. The van der Waals surface area contributed by atoms with E-state index in [1.165, 1.54) is 4.90 Å². The van der Waals surface area contributed by atoms with E-state index in [0.717, 1.165) is 0 Å². The number of hydrogen-bond acceptors (Lipinski definition) is 2. The highest BCUT2D eigenvalue weighted by Gasteiger charge is 2.54. The first-order valence-corrected chi connectivity index (χ1v) is 4.00. The zero-order chi connectivity index (χ0) is 8.77. The van der Waals surface area contributed by atoms with Crippen LogP contribution in [-0.4, -0.2) is 36.0 Å². The third-order valence-electron chi connectivity index (χ3n) is 2.63. The van der Waals surface area contributed by atoms with Crippen molar-refractivity contribution in [3.8, 4) is 0 Å². The number of nitrogens with one attached hydrogen (secondary N) is 1. The maximum atomic E-state index is 12.6. The van der Waals surface area contributed by atoms with Gasteiger partial charge < -0.3 is 4.90 Å². The molecule has 1 N–H and O–H groups in total. The molecule has 2 aliphatic heterocycles. The van der Waals surface area contributed by atoms with Gasteiger partial charge in [-0.05, 0) is 6.42 Å². The number of amides is 1. The summed E-state index contributed by atoms with van der Waals surface area (Å²) in [6.07, 6.45) is -1.99. The minimum atomic E-state index is -2.48. The summed E-state index contributed by atoms with van der Waals surface area (Å²) in [4.78, 5) is 12.4. The molecule has 2 heterocycles. The molecule has 0 aromatic rings. The van der Waals surface area contributed by atoms with Gasteiger partial charge in [-0.3, -0.25) is 10.1 Å². The normalized spacial score (nSPS) is 34.9. The van der Waals surface area contributed by atoms with Gasteiger partial charge in [-0.2, -0.15) is 0 Å².